The fourth-order valence-electron chi connectivity index (χ4n) is 2.25. The van der Waals surface area contributed by atoms with Gasteiger partial charge in [-0.2, -0.15) is 5.10 Å². The lowest BCUT2D eigenvalue weighted by molar-refractivity contribution is -0.113. The highest BCUT2D eigenvalue weighted by atomic mass is 16.1. The van der Waals surface area contributed by atoms with Crippen LogP contribution >= 0.6 is 0 Å². The standard InChI is InChI=1S/C17H15N3O/c1-12-15(20-19-14-10-6-3-7-11-14)17(21)16(18-12)13-8-4-2-5-9-13/h2-11,16,19H,1H3/b20-15-. The molecule has 0 radical (unpaired) electrons. The van der Waals surface area contributed by atoms with E-state index in [-0.39, 0.29) is 5.78 Å². The summed E-state index contributed by atoms with van der Waals surface area (Å²) in [6, 6.07) is 18.6. The largest absolute Gasteiger partial charge is 0.289 e. The SMILES string of the molecule is CC1=NC(c2ccccc2)C(=O)/C1=N\Nc1ccccc1. The van der Waals surface area contributed by atoms with Gasteiger partial charge < -0.3 is 0 Å². The van der Waals surface area contributed by atoms with Crippen LogP contribution in [0.5, 0.6) is 0 Å². The van der Waals surface area contributed by atoms with Crippen LogP contribution in [0.3, 0.4) is 0 Å². The van der Waals surface area contributed by atoms with E-state index >= 15 is 0 Å². The number of aliphatic imine (C=N–C) groups is 1. The van der Waals surface area contributed by atoms with Gasteiger partial charge in [0.05, 0.1) is 11.4 Å². The van der Waals surface area contributed by atoms with Gasteiger partial charge in [0, 0.05) is 0 Å². The highest BCUT2D eigenvalue weighted by molar-refractivity contribution is 6.70. The molecule has 0 amide bonds. The number of rotatable bonds is 3. The number of carbonyl (C=O) groups is 1. The summed E-state index contributed by atoms with van der Waals surface area (Å²) in [5.41, 5.74) is 5.70. The van der Waals surface area contributed by atoms with Gasteiger partial charge in [-0.3, -0.25) is 15.2 Å². The normalized spacial score (nSPS) is 19.7. The van der Waals surface area contributed by atoms with Gasteiger partial charge in [0.25, 0.3) is 0 Å². The molecule has 1 atom stereocenters. The van der Waals surface area contributed by atoms with Crippen LogP contribution in [0.4, 0.5) is 5.69 Å². The third-order valence-electron chi connectivity index (χ3n) is 3.33. The van der Waals surface area contributed by atoms with Crippen LogP contribution in [-0.2, 0) is 4.79 Å². The lowest BCUT2D eigenvalue weighted by Gasteiger charge is -2.05. The predicted octanol–water partition coefficient (Wildman–Crippen LogP) is 3.24. The monoisotopic (exact) mass is 277 g/mol. The van der Waals surface area contributed by atoms with Crippen LogP contribution < -0.4 is 5.43 Å². The van der Waals surface area contributed by atoms with E-state index in [4.69, 9.17) is 0 Å². The first-order valence-corrected chi connectivity index (χ1v) is 6.78. The van der Waals surface area contributed by atoms with Gasteiger partial charge in [-0.15, -0.1) is 0 Å². The molecule has 0 bridgehead atoms. The maximum absolute atomic E-state index is 12.5. The van der Waals surface area contributed by atoms with Gasteiger partial charge in [-0.1, -0.05) is 48.5 Å². The number of nitrogens with zero attached hydrogens (tertiary/aromatic N) is 2. The number of carbonyl (C=O) groups excluding carboxylic acids is 1. The smallest absolute Gasteiger partial charge is 0.213 e. The van der Waals surface area contributed by atoms with Crippen molar-refractivity contribution >= 4 is 22.9 Å². The van der Waals surface area contributed by atoms with Crippen molar-refractivity contribution in [3.05, 3.63) is 66.2 Å². The van der Waals surface area contributed by atoms with Gasteiger partial charge in [0.1, 0.15) is 11.8 Å². The third kappa shape index (κ3) is 2.74. The van der Waals surface area contributed by atoms with Crippen molar-refractivity contribution in [1.82, 2.24) is 0 Å². The number of para-hydroxylation sites is 1. The molecule has 104 valence electrons. The molecule has 0 saturated heterocycles. The third-order valence-corrected chi connectivity index (χ3v) is 3.33. The Kier molecular flexibility index (Phi) is 3.60. The van der Waals surface area contributed by atoms with E-state index in [0.717, 1.165) is 11.3 Å². The highest BCUT2D eigenvalue weighted by Gasteiger charge is 2.32. The number of benzene rings is 2. The second-order valence-electron chi connectivity index (χ2n) is 4.83. The summed E-state index contributed by atoms with van der Waals surface area (Å²) in [5.74, 6) is -0.0675. The molecule has 1 aliphatic heterocycles. The van der Waals surface area contributed by atoms with Gasteiger partial charge in [-0.05, 0) is 24.6 Å². The number of hydrogen-bond acceptors (Lipinski definition) is 4. The molecule has 2 aromatic rings. The van der Waals surface area contributed by atoms with E-state index in [1.165, 1.54) is 0 Å². The second-order valence-corrected chi connectivity index (χ2v) is 4.83. The Bertz CT molecular complexity index is 705. The Morgan fingerprint density at radius 3 is 2.29 bits per heavy atom. The van der Waals surface area contributed by atoms with Crippen LogP contribution in [0.1, 0.15) is 18.5 Å². The zero-order chi connectivity index (χ0) is 14.7. The molecule has 0 aliphatic carbocycles. The molecule has 3 rings (SSSR count). The molecular formula is C17H15N3O. The molecule has 1 unspecified atom stereocenters. The summed E-state index contributed by atoms with van der Waals surface area (Å²) < 4.78 is 0. The van der Waals surface area contributed by atoms with Crippen molar-refractivity contribution in [2.24, 2.45) is 10.1 Å². The molecule has 4 nitrogen and oxygen atoms in total. The summed E-state index contributed by atoms with van der Waals surface area (Å²) in [5, 5.41) is 4.22. The maximum atomic E-state index is 12.5. The zero-order valence-corrected chi connectivity index (χ0v) is 11.7. The number of anilines is 1. The van der Waals surface area contributed by atoms with Gasteiger partial charge in [0.15, 0.2) is 0 Å². The first-order valence-electron chi connectivity index (χ1n) is 6.78. The van der Waals surface area contributed by atoms with Gasteiger partial charge in [-0.25, -0.2) is 0 Å². The molecular weight excluding hydrogens is 262 g/mol. The first kappa shape index (κ1) is 13.2. The van der Waals surface area contributed by atoms with E-state index in [1.807, 2.05) is 67.6 Å². The molecule has 0 fully saturated rings. The van der Waals surface area contributed by atoms with Crippen LogP contribution in [-0.4, -0.2) is 17.2 Å². The lowest BCUT2D eigenvalue weighted by atomic mass is 10.0. The molecule has 0 spiro atoms. The van der Waals surface area contributed by atoms with Gasteiger partial charge >= 0.3 is 0 Å². The average Bonchev–Trinajstić information content (AvgIpc) is 2.82. The van der Waals surface area contributed by atoms with Crippen molar-refractivity contribution in [2.75, 3.05) is 5.43 Å². The molecule has 0 aromatic heterocycles. The number of nitrogens with one attached hydrogen (secondary N) is 1. The number of Topliss-reactive ketones (excluding diaryl/α,β-unsaturated/α-hetero) is 1. The molecule has 2 aromatic carbocycles. The minimum atomic E-state index is -0.470. The Balaban J connectivity index is 1.82. The van der Waals surface area contributed by atoms with E-state index in [9.17, 15) is 4.79 Å². The van der Waals surface area contributed by atoms with Crippen molar-refractivity contribution in [1.29, 1.82) is 0 Å². The van der Waals surface area contributed by atoms with Gasteiger partial charge in [0.2, 0.25) is 5.78 Å². The summed E-state index contributed by atoms with van der Waals surface area (Å²) in [6.45, 7) is 1.81. The molecule has 0 saturated carbocycles. The fourth-order valence-corrected chi connectivity index (χ4v) is 2.25. The van der Waals surface area contributed by atoms with Crippen LogP contribution in [0.25, 0.3) is 0 Å². The quantitative estimate of drug-likeness (QED) is 0.876. The second kappa shape index (κ2) is 5.71. The van der Waals surface area contributed by atoms with E-state index in [1.54, 1.807) is 0 Å². The van der Waals surface area contributed by atoms with Crippen molar-refractivity contribution < 1.29 is 4.79 Å². The van der Waals surface area contributed by atoms with Crippen LogP contribution in [0.15, 0.2) is 70.8 Å². The number of hydrazone groups is 1. The average molecular weight is 277 g/mol. The molecule has 1 aliphatic rings. The number of hydrogen-bond donors (Lipinski definition) is 1. The van der Waals surface area contributed by atoms with Crippen molar-refractivity contribution in [3.8, 4) is 0 Å². The van der Waals surface area contributed by atoms with Crippen LogP contribution in [0.2, 0.25) is 0 Å². The lowest BCUT2D eigenvalue weighted by Crippen LogP contribution is -2.20. The highest BCUT2D eigenvalue weighted by Crippen LogP contribution is 2.24. The molecule has 4 heteroatoms. The minimum Gasteiger partial charge on any atom is -0.289 e. The Morgan fingerprint density at radius 2 is 1.62 bits per heavy atom. The summed E-state index contributed by atoms with van der Waals surface area (Å²) in [7, 11) is 0. The Labute approximate surface area is 123 Å². The van der Waals surface area contributed by atoms with Crippen molar-refractivity contribution in [3.63, 3.8) is 0 Å². The fraction of sp³-hybridized carbons (Fsp3) is 0.118. The van der Waals surface area contributed by atoms with Crippen LogP contribution in [0, 0.1) is 0 Å². The van der Waals surface area contributed by atoms with E-state index < -0.39 is 6.04 Å². The molecule has 1 heterocycles. The van der Waals surface area contributed by atoms with E-state index in [0.29, 0.717) is 11.4 Å². The minimum absolute atomic E-state index is 0.0675. The first-order chi connectivity index (χ1) is 10.3. The Morgan fingerprint density at radius 1 is 1.00 bits per heavy atom. The Hall–Kier alpha value is -2.75. The van der Waals surface area contributed by atoms with E-state index in [2.05, 4.69) is 15.5 Å². The molecule has 1 N–H and O–H groups in total. The molecule has 21 heavy (non-hydrogen) atoms. The summed E-state index contributed by atoms with van der Waals surface area (Å²) in [6.07, 6.45) is 0. The number of ketones is 1. The predicted molar refractivity (Wildman–Crippen MR) is 84.8 cm³/mol. The summed E-state index contributed by atoms with van der Waals surface area (Å²) in [4.78, 5) is 16.9. The summed E-state index contributed by atoms with van der Waals surface area (Å²) >= 11 is 0. The maximum Gasteiger partial charge on any atom is 0.213 e. The van der Waals surface area contributed by atoms with Crippen molar-refractivity contribution in [2.45, 2.75) is 13.0 Å². The topological polar surface area (TPSA) is 53.8 Å². The zero-order valence-electron chi connectivity index (χ0n) is 11.7.